The van der Waals surface area contributed by atoms with Crippen molar-refractivity contribution in [2.24, 2.45) is 0 Å². The fourth-order valence-electron chi connectivity index (χ4n) is 6.18. The summed E-state index contributed by atoms with van der Waals surface area (Å²) >= 11 is 0. The third-order valence-corrected chi connectivity index (χ3v) is 8.94. The number of nitro groups is 2. The Balaban J connectivity index is 1.44. The molecular weight excluding hydrogens is 724 g/mol. The lowest BCUT2D eigenvalue weighted by atomic mass is 9.97. The Hall–Kier alpha value is -6.03. The zero-order valence-corrected chi connectivity index (χ0v) is 30.4. The highest BCUT2D eigenvalue weighted by atomic mass is 16.7. The fourth-order valence-corrected chi connectivity index (χ4v) is 6.18. The molecule has 5 atom stereocenters. The number of nitrogens with zero attached hydrogens (tertiary/aromatic N) is 2. The van der Waals surface area contributed by atoms with Gasteiger partial charge in [-0.15, -0.1) is 0 Å². The summed E-state index contributed by atoms with van der Waals surface area (Å²) in [7, 11) is 1.04. The number of nitro benzene ring substituents is 2. The van der Waals surface area contributed by atoms with E-state index in [4.69, 9.17) is 33.2 Å². The van der Waals surface area contributed by atoms with E-state index >= 15 is 0 Å². The van der Waals surface area contributed by atoms with Gasteiger partial charge in [-0.3, -0.25) is 20.2 Å². The van der Waals surface area contributed by atoms with Gasteiger partial charge in [0.2, 0.25) is 12.0 Å². The monoisotopic (exact) mass is 764 g/mol. The molecule has 5 unspecified atom stereocenters. The van der Waals surface area contributed by atoms with E-state index in [9.17, 15) is 25.0 Å². The highest BCUT2D eigenvalue weighted by Crippen LogP contribution is 2.40. The van der Waals surface area contributed by atoms with Crippen LogP contribution in [0.1, 0.15) is 32.6 Å². The van der Waals surface area contributed by atoms with Gasteiger partial charge in [0.25, 0.3) is 5.69 Å². The summed E-state index contributed by atoms with van der Waals surface area (Å²) in [6, 6.07) is 39.3. The number of hydrogen-bond acceptors (Lipinski definition) is 12. The molecule has 0 aliphatic carbocycles. The van der Waals surface area contributed by atoms with Crippen LogP contribution < -0.4 is 4.74 Å². The van der Waals surface area contributed by atoms with Gasteiger partial charge in [-0.1, -0.05) is 121 Å². The van der Waals surface area contributed by atoms with Crippen LogP contribution in [-0.4, -0.2) is 60.2 Å². The molecule has 0 radical (unpaired) electrons. The van der Waals surface area contributed by atoms with Crippen LogP contribution in [0.25, 0.3) is 0 Å². The maximum atomic E-state index is 13.1. The molecule has 1 saturated heterocycles. The van der Waals surface area contributed by atoms with Gasteiger partial charge in [0, 0.05) is 6.07 Å². The van der Waals surface area contributed by atoms with Crippen molar-refractivity contribution in [1.82, 2.24) is 0 Å². The predicted molar refractivity (Wildman–Crippen MR) is 202 cm³/mol. The number of methoxy groups -OCH3 is 1. The molecule has 0 N–H and O–H groups in total. The van der Waals surface area contributed by atoms with Crippen LogP contribution in [0.5, 0.6) is 5.75 Å². The van der Waals surface area contributed by atoms with Crippen molar-refractivity contribution in [2.75, 3.05) is 13.7 Å². The number of carbonyl (C=O) groups is 1. The quantitative estimate of drug-likeness (QED) is 0.0494. The lowest BCUT2D eigenvalue weighted by Gasteiger charge is -2.45. The lowest BCUT2D eigenvalue weighted by Crippen LogP contribution is -2.62. The van der Waals surface area contributed by atoms with Crippen LogP contribution in [0.4, 0.5) is 11.4 Å². The third-order valence-electron chi connectivity index (χ3n) is 8.94. The first-order valence-corrected chi connectivity index (χ1v) is 17.8. The summed E-state index contributed by atoms with van der Waals surface area (Å²) in [4.78, 5) is 35.6. The zero-order valence-electron chi connectivity index (χ0n) is 30.4. The van der Waals surface area contributed by atoms with Crippen LogP contribution in [0.3, 0.4) is 0 Å². The van der Waals surface area contributed by atoms with Crippen molar-refractivity contribution in [1.29, 1.82) is 0 Å². The first-order valence-electron chi connectivity index (χ1n) is 17.8. The average Bonchev–Trinajstić information content (AvgIpc) is 3.23. The van der Waals surface area contributed by atoms with Crippen LogP contribution in [0.15, 0.2) is 133 Å². The van der Waals surface area contributed by atoms with Crippen molar-refractivity contribution in [3.8, 4) is 5.75 Å². The van der Waals surface area contributed by atoms with E-state index in [1.165, 1.54) is 0 Å². The maximum Gasteiger partial charge on any atom is 0.342 e. The number of hydrogen-bond donors (Lipinski definition) is 0. The molecule has 0 aromatic heterocycles. The van der Waals surface area contributed by atoms with Gasteiger partial charge in [0.15, 0.2) is 0 Å². The molecule has 6 rings (SSSR count). The average molecular weight is 765 g/mol. The van der Waals surface area contributed by atoms with Crippen LogP contribution in [0, 0.1) is 20.2 Å². The van der Waals surface area contributed by atoms with Crippen molar-refractivity contribution < 1.29 is 47.8 Å². The largest absolute Gasteiger partial charge is 0.465 e. The Kier molecular flexibility index (Phi) is 13.8. The van der Waals surface area contributed by atoms with Crippen molar-refractivity contribution in [2.45, 2.75) is 57.1 Å². The van der Waals surface area contributed by atoms with E-state index in [0.717, 1.165) is 35.4 Å². The molecule has 1 aliphatic rings. The number of rotatable bonds is 18. The van der Waals surface area contributed by atoms with Gasteiger partial charge < -0.3 is 33.2 Å². The van der Waals surface area contributed by atoms with Gasteiger partial charge >= 0.3 is 11.7 Å². The van der Waals surface area contributed by atoms with Crippen LogP contribution in [0.2, 0.25) is 0 Å². The SMILES string of the molecule is COC(=O)c1cc([N+](=O)[O-])cc([N+](=O)[O-])c1OC1OC(COCc2ccccc2)C(OCc2ccccc2)C(OCc2ccccc2)C1OCc1ccccc1. The molecule has 1 aliphatic heterocycles. The molecule has 0 spiro atoms. The molecular formula is C42H40N2O12. The second-order valence-electron chi connectivity index (χ2n) is 12.8. The van der Waals surface area contributed by atoms with E-state index in [0.29, 0.717) is 6.07 Å². The lowest BCUT2D eigenvalue weighted by molar-refractivity contribution is -0.395. The predicted octanol–water partition coefficient (Wildman–Crippen LogP) is 7.37. The highest BCUT2D eigenvalue weighted by Gasteiger charge is 2.50. The van der Waals surface area contributed by atoms with Gasteiger partial charge in [0.1, 0.15) is 30.0 Å². The van der Waals surface area contributed by atoms with Crippen molar-refractivity contribution >= 4 is 17.3 Å². The Labute approximate surface area is 322 Å². The summed E-state index contributed by atoms with van der Waals surface area (Å²) < 4.78 is 43.9. The number of non-ortho nitro benzene ring substituents is 1. The second kappa shape index (κ2) is 19.5. The minimum Gasteiger partial charge on any atom is -0.465 e. The van der Waals surface area contributed by atoms with E-state index in [1.807, 2.05) is 121 Å². The molecule has 0 bridgehead atoms. The summed E-state index contributed by atoms with van der Waals surface area (Å²) in [6.45, 7) is 0.481. The van der Waals surface area contributed by atoms with Crippen molar-refractivity contribution in [3.05, 3.63) is 182 Å². The van der Waals surface area contributed by atoms with Gasteiger partial charge in [-0.05, 0) is 22.3 Å². The van der Waals surface area contributed by atoms with E-state index in [-0.39, 0.29) is 33.0 Å². The fraction of sp³-hybridized carbons (Fsp3) is 0.262. The number of ether oxygens (including phenoxy) is 7. The summed E-state index contributed by atoms with van der Waals surface area (Å²) in [5.74, 6) is -1.71. The first kappa shape index (κ1) is 39.7. The second-order valence-corrected chi connectivity index (χ2v) is 12.8. The number of carbonyl (C=O) groups excluding carboxylic acids is 1. The molecule has 0 saturated carbocycles. The normalized spacial score (nSPS) is 19.2. The third kappa shape index (κ3) is 10.4. The molecule has 5 aromatic rings. The van der Waals surface area contributed by atoms with Gasteiger partial charge in [-0.2, -0.15) is 0 Å². The molecule has 14 nitrogen and oxygen atoms in total. The van der Waals surface area contributed by atoms with E-state index < -0.39 is 69.2 Å². The maximum absolute atomic E-state index is 13.1. The molecule has 1 heterocycles. The Morgan fingerprint density at radius 1 is 0.625 bits per heavy atom. The highest BCUT2D eigenvalue weighted by molar-refractivity contribution is 5.95. The number of esters is 1. The molecule has 1 fully saturated rings. The zero-order chi connectivity index (χ0) is 39.3. The Morgan fingerprint density at radius 2 is 1.09 bits per heavy atom. The number of benzene rings is 5. The van der Waals surface area contributed by atoms with Crippen LogP contribution >= 0.6 is 0 Å². The van der Waals surface area contributed by atoms with Gasteiger partial charge in [-0.25, -0.2) is 4.79 Å². The minimum absolute atomic E-state index is 0.0344. The van der Waals surface area contributed by atoms with Crippen molar-refractivity contribution in [3.63, 3.8) is 0 Å². The molecule has 5 aromatic carbocycles. The Morgan fingerprint density at radius 3 is 1.55 bits per heavy atom. The van der Waals surface area contributed by atoms with E-state index in [2.05, 4.69) is 0 Å². The van der Waals surface area contributed by atoms with E-state index in [1.54, 1.807) is 0 Å². The summed E-state index contributed by atoms with van der Waals surface area (Å²) in [5, 5.41) is 24.2. The molecule has 14 heteroatoms. The van der Waals surface area contributed by atoms with Crippen LogP contribution in [-0.2, 0) is 54.8 Å². The molecule has 290 valence electrons. The topological polar surface area (TPSA) is 168 Å². The Bertz CT molecular complexity index is 2040. The summed E-state index contributed by atoms with van der Waals surface area (Å²) in [6.07, 6.45) is -5.42. The molecule has 56 heavy (non-hydrogen) atoms. The summed E-state index contributed by atoms with van der Waals surface area (Å²) in [5.41, 5.74) is 1.30. The van der Waals surface area contributed by atoms with Gasteiger partial charge in [0.05, 0.1) is 56.1 Å². The minimum atomic E-state index is -1.51. The smallest absolute Gasteiger partial charge is 0.342 e. The molecule has 0 amide bonds. The first-order chi connectivity index (χ1) is 27.3. The standard InChI is InChI=1S/C42H40N2O12/c1-50-41(45)34-22-33(43(46)47)23-35(44(48)49)37(34)56-42-40(54-27-32-20-12-5-13-21-32)39(53-26-31-18-10-4-11-19-31)38(52-25-30-16-8-3-9-17-30)36(55-42)28-51-24-29-14-6-2-7-15-29/h2-23,36,38-40,42H,24-28H2,1H3.